The molecule has 1 saturated heterocycles. The third kappa shape index (κ3) is 4.19. The van der Waals surface area contributed by atoms with Gasteiger partial charge in [0.25, 0.3) is 0 Å². The van der Waals surface area contributed by atoms with Crippen LogP contribution in [0, 0.1) is 0 Å². The molecule has 112 valence electrons. The number of likely N-dealkylation sites (tertiary alicyclic amines) is 1. The Morgan fingerprint density at radius 1 is 1.35 bits per heavy atom. The smallest absolute Gasteiger partial charge is 0.0406 e. The Morgan fingerprint density at radius 3 is 2.60 bits per heavy atom. The van der Waals surface area contributed by atoms with Gasteiger partial charge in [0, 0.05) is 30.2 Å². The predicted molar refractivity (Wildman–Crippen MR) is 86.4 cm³/mol. The van der Waals surface area contributed by atoms with Crippen LogP contribution < -0.4 is 5.32 Å². The maximum atomic E-state index is 5.95. The van der Waals surface area contributed by atoms with Crippen LogP contribution in [0.3, 0.4) is 0 Å². The fraction of sp³-hybridized carbons (Fsp3) is 0.625. The molecule has 4 heteroatoms. The zero-order chi connectivity index (χ0) is 14.5. The van der Waals surface area contributed by atoms with Gasteiger partial charge in [-0.2, -0.15) is 0 Å². The van der Waals surface area contributed by atoms with E-state index in [0.29, 0.717) is 6.04 Å². The van der Waals surface area contributed by atoms with Crippen molar-refractivity contribution in [1.82, 2.24) is 15.1 Å². The average Bonchev–Trinajstić information content (AvgIpc) is 2.90. The Balaban J connectivity index is 1.84. The summed E-state index contributed by atoms with van der Waals surface area (Å²) >= 11 is 5.95. The number of hydrogen-bond acceptors (Lipinski definition) is 3. The molecule has 3 nitrogen and oxygen atoms in total. The molecule has 0 spiro atoms. The summed E-state index contributed by atoms with van der Waals surface area (Å²) in [6.07, 6.45) is 2.43. The summed E-state index contributed by atoms with van der Waals surface area (Å²) in [5.74, 6) is 0. The zero-order valence-electron chi connectivity index (χ0n) is 12.8. The lowest BCUT2D eigenvalue weighted by Crippen LogP contribution is -2.32. The molecule has 1 fully saturated rings. The number of nitrogens with one attached hydrogen (secondary N) is 1. The van der Waals surface area contributed by atoms with Gasteiger partial charge in [-0.3, -0.25) is 0 Å². The molecule has 0 amide bonds. The fourth-order valence-electron chi connectivity index (χ4n) is 2.92. The molecule has 0 bridgehead atoms. The van der Waals surface area contributed by atoms with E-state index < -0.39 is 0 Å². The van der Waals surface area contributed by atoms with Crippen molar-refractivity contribution in [2.24, 2.45) is 0 Å². The minimum atomic E-state index is 0.408. The lowest BCUT2D eigenvalue weighted by Gasteiger charge is -2.23. The molecular formula is C16H26ClN3. The van der Waals surface area contributed by atoms with Crippen LogP contribution in [0.5, 0.6) is 0 Å². The summed E-state index contributed by atoms with van der Waals surface area (Å²) in [4.78, 5) is 4.92. The first-order valence-corrected chi connectivity index (χ1v) is 7.79. The lowest BCUT2D eigenvalue weighted by molar-refractivity contribution is 0.261. The minimum Gasteiger partial charge on any atom is -0.313 e. The first kappa shape index (κ1) is 15.8. The number of rotatable bonds is 6. The van der Waals surface area contributed by atoms with Crippen molar-refractivity contribution in [3.05, 3.63) is 34.9 Å². The standard InChI is InChI=1S/C16H26ClN3/c1-18-16(13-4-6-14(17)7-5-13)9-11-20-10-8-15(12-20)19(2)3/h4-7,15-16,18H,8-12H2,1-3H3. The van der Waals surface area contributed by atoms with Gasteiger partial charge < -0.3 is 15.1 Å². The van der Waals surface area contributed by atoms with E-state index in [-0.39, 0.29) is 0 Å². The van der Waals surface area contributed by atoms with Crippen molar-refractivity contribution in [2.45, 2.75) is 24.9 Å². The lowest BCUT2D eigenvalue weighted by atomic mass is 10.0. The number of halogens is 1. The monoisotopic (exact) mass is 295 g/mol. The molecule has 1 aliphatic rings. The van der Waals surface area contributed by atoms with Crippen molar-refractivity contribution in [3.8, 4) is 0 Å². The van der Waals surface area contributed by atoms with Crippen LogP contribution in [0.4, 0.5) is 0 Å². The van der Waals surface area contributed by atoms with Gasteiger partial charge in [0.05, 0.1) is 0 Å². The molecule has 0 radical (unpaired) electrons. The predicted octanol–water partition coefficient (Wildman–Crippen LogP) is 2.63. The van der Waals surface area contributed by atoms with E-state index in [9.17, 15) is 0 Å². The van der Waals surface area contributed by atoms with Gasteiger partial charge in [0.2, 0.25) is 0 Å². The first-order valence-electron chi connectivity index (χ1n) is 7.41. The number of benzene rings is 1. The summed E-state index contributed by atoms with van der Waals surface area (Å²) in [6, 6.07) is 9.31. The average molecular weight is 296 g/mol. The molecule has 1 N–H and O–H groups in total. The zero-order valence-corrected chi connectivity index (χ0v) is 13.5. The number of nitrogens with zero attached hydrogens (tertiary/aromatic N) is 2. The Labute approximate surface area is 127 Å². The highest BCUT2D eigenvalue weighted by Crippen LogP contribution is 2.21. The van der Waals surface area contributed by atoms with Crippen LogP contribution >= 0.6 is 11.6 Å². The van der Waals surface area contributed by atoms with Gasteiger partial charge >= 0.3 is 0 Å². The molecule has 2 unspecified atom stereocenters. The van der Waals surface area contributed by atoms with Gasteiger partial charge in [-0.15, -0.1) is 0 Å². The van der Waals surface area contributed by atoms with E-state index in [0.717, 1.165) is 24.0 Å². The molecule has 0 saturated carbocycles. The van der Waals surface area contributed by atoms with E-state index in [1.807, 2.05) is 19.2 Å². The Bertz CT molecular complexity index is 405. The van der Waals surface area contributed by atoms with Gasteiger partial charge in [-0.1, -0.05) is 23.7 Å². The topological polar surface area (TPSA) is 18.5 Å². The Morgan fingerprint density at radius 2 is 2.05 bits per heavy atom. The van der Waals surface area contributed by atoms with Crippen LogP contribution in [-0.2, 0) is 0 Å². The van der Waals surface area contributed by atoms with E-state index in [4.69, 9.17) is 11.6 Å². The second kappa shape index (κ2) is 7.41. The summed E-state index contributed by atoms with van der Waals surface area (Å²) in [5, 5.41) is 4.22. The van der Waals surface area contributed by atoms with Gasteiger partial charge in [-0.05, 0) is 58.2 Å². The van der Waals surface area contributed by atoms with Crippen LogP contribution in [0.2, 0.25) is 5.02 Å². The highest BCUT2D eigenvalue weighted by atomic mass is 35.5. The van der Waals surface area contributed by atoms with E-state index in [1.54, 1.807) is 0 Å². The second-order valence-electron chi connectivity index (χ2n) is 5.89. The molecule has 20 heavy (non-hydrogen) atoms. The largest absolute Gasteiger partial charge is 0.313 e. The van der Waals surface area contributed by atoms with Crippen LogP contribution in [0.15, 0.2) is 24.3 Å². The maximum absolute atomic E-state index is 5.95. The Kier molecular flexibility index (Phi) is 5.85. The van der Waals surface area contributed by atoms with Crippen molar-refractivity contribution >= 4 is 11.6 Å². The molecule has 0 aromatic heterocycles. The number of likely N-dealkylation sites (N-methyl/N-ethyl adjacent to an activating group) is 1. The van der Waals surface area contributed by atoms with Gasteiger partial charge in [0.15, 0.2) is 0 Å². The van der Waals surface area contributed by atoms with Gasteiger partial charge in [-0.25, -0.2) is 0 Å². The molecule has 1 aromatic carbocycles. The number of hydrogen-bond donors (Lipinski definition) is 1. The van der Waals surface area contributed by atoms with Crippen molar-refractivity contribution < 1.29 is 0 Å². The van der Waals surface area contributed by atoms with Gasteiger partial charge in [0.1, 0.15) is 0 Å². The van der Waals surface area contributed by atoms with Crippen molar-refractivity contribution in [2.75, 3.05) is 40.8 Å². The summed E-state index contributed by atoms with van der Waals surface area (Å²) in [5.41, 5.74) is 1.32. The van der Waals surface area contributed by atoms with Crippen LogP contribution in [0.25, 0.3) is 0 Å². The summed E-state index contributed by atoms with van der Waals surface area (Å²) < 4.78 is 0. The molecule has 1 heterocycles. The molecular weight excluding hydrogens is 270 g/mol. The molecule has 1 aliphatic heterocycles. The summed E-state index contributed by atoms with van der Waals surface area (Å²) in [7, 11) is 6.39. The Hall–Kier alpha value is -0.610. The highest BCUT2D eigenvalue weighted by Gasteiger charge is 2.24. The van der Waals surface area contributed by atoms with Crippen molar-refractivity contribution in [3.63, 3.8) is 0 Å². The molecule has 2 rings (SSSR count). The van der Waals surface area contributed by atoms with E-state index in [1.165, 1.54) is 25.1 Å². The quantitative estimate of drug-likeness (QED) is 0.870. The highest BCUT2D eigenvalue weighted by molar-refractivity contribution is 6.30. The summed E-state index contributed by atoms with van der Waals surface area (Å²) in [6.45, 7) is 3.57. The SMILES string of the molecule is CNC(CCN1CCC(N(C)C)C1)c1ccc(Cl)cc1. The maximum Gasteiger partial charge on any atom is 0.0406 e. The third-order valence-corrected chi connectivity index (χ3v) is 4.58. The van der Waals surface area contributed by atoms with E-state index >= 15 is 0 Å². The molecule has 1 aromatic rings. The normalized spacial score (nSPS) is 21.6. The second-order valence-corrected chi connectivity index (χ2v) is 6.32. The fourth-order valence-corrected chi connectivity index (χ4v) is 3.05. The molecule has 0 aliphatic carbocycles. The van der Waals surface area contributed by atoms with Crippen LogP contribution in [0.1, 0.15) is 24.4 Å². The third-order valence-electron chi connectivity index (χ3n) is 4.33. The molecule has 2 atom stereocenters. The van der Waals surface area contributed by atoms with Crippen LogP contribution in [-0.4, -0.2) is 56.6 Å². The van der Waals surface area contributed by atoms with Crippen molar-refractivity contribution in [1.29, 1.82) is 0 Å². The van der Waals surface area contributed by atoms with E-state index in [2.05, 4.69) is 41.3 Å². The first-order chi connectivity index (χ1) is 9.60. The minimum absolute atomic E-state index is 0.408.